The molecule has 1 heterocycles. The van der Waals surface area contributed by atoms with Crippen LogP contribution in [0.2, 0.25) is 5.02 Å². The van der Waals surface area contributed by atoms with E-state index in [1.165, 1.54) is 6.07 Å². The average Bonchev–Trinajstić information content (AvgIpc) is 2.62. The van der Waals surface area contributed by atoms with Gasteiger partial charge in [-0.25, -0.2) is 4.98 Å². The van der Waals surface area contributed by atoms with Crippen molar-refractivity contribution >= 4 is 23.1 Å². The lowest BCUT2D eigenvalue weighted by Gasteiger charge is -2.27. The first kappa shape index (κ1) is 15.0. The first-order chi connectivity index (χ1) is 9.50. The van der Waals surface area contributed by atoms with Gasteiger partial charge in [-0.05, 0) is 12.8 Å². The number of nitro groups is 1. The Hall–Kier alpha value is -1.40. The number of aliphatic hydroxyl groups is 1. The van der Waals surface area contributed by atoms with Gasteiger partial charge in [-0.15, -0.1) is 0 Å². The molecule has 1 saturated carbocycles. The van der Waals surface area contributed by atoms with E-state index in [-0.39, 0.29) is 10.7 Å². The lowest BCUT2D eigenvalue weighted by Crippen LogP contribution is -2.36. The number of hydrogen-bond donors (Lipinski definition) is 2. The third-order valence-electron chi connectivity index (χ3n) is 3.66. The third kappa shape index (κ3) is 3.80. The molecule has 1 aromatic rings. The van der Waals surface area contributed by atoms with Gasteiger partial charge in [0, 0.05) is 12.6 Å². The molecule has 0 atom stereocenters. The molecule has 7 heteroatoms. The predicted molar refractivity (Wildman–Crippen MR) is 77.0 cm³/mol. The fourth-order valence-electron chi connectivity index (χ4n) is 2.47. The molecule has 1 aliphatic carbocycles. The number of halogens is 1. The number of rotatable bonds is 4. The second-order valence-electron chi connectivity index (χ2n) is 5.27. The molecule has 0 amide bonds. The van der Waals surface area contributed by atoms with E-state index in [0.717, 1.165) is 44.7 Å². The number of pyridine rings is 1. The van der Waals surface area contributed by atoms with Crippen LogP contribution in [0.5, 0.6) is 0 Å². The highest BCUT2D eigenvalue weighted by Crippen LogP contribution is 2.29. The van der Waals surface area contributed by atoms with Gasteiger partial charge in [-0.1, -0.05) is 37.3 Å². The minimum absolute atomic E-state index is 0.145. The maximum atomic E-state index is 10.6. The second kappa shape index (κ2) is 6.37. The number of aromatic nitrogens is 1. The van der Waals surface area contributed by atoms with Crippen LogP contribution < -0.4 is 5.32 Å². The number of nitrogens with zero attached hydrogens (tertiary/aromatic N) is 2. The van der Waals surface area contributed by atoms with Crippen molar-refractivity contribution in [3.8, 4) is 0 Å². The van der Waals surface area contributed by atoms with Crippen molar-refractivity contribution in [3.05, 3.63) is 27.4 Å². The van der Waals surface area contributed by atoms with Gasteiger partial charge < -0.3 is 10.4 Å². The zero-order valence-corrected chi connectivity index (χ0v) is 11.9. The number of hydrogen-bond acceptors (Lipinski definition) is 5. The normalized spacial score (nSPS) is 18.3. The summed E-state index contributed by atoms with van der Waals surface area (Å²) in [6.45, 7) is 0.359. The molecule has 1 aliphatic rings. The van der Waals surface area contributed by atoms with Gasteiger partial charge in [0.05, 0.1) is 15.5 Å². The number of anilines is 1. The quantitative estimate of drug-likeness (QED) is 0.506. The molecule has 0 aromatic carbocycles. The van der Waals surface area contributed by atoms with Crippen LogP contribution in [0, 0.1) is 10.1 Å². The molecule has 20 heavy (non-hydrogen) atoms. The minimum Gasteiger partial charge on any atom is -0.388 e. The fourth-order valence-corrected chi connectivity index (χ4v) is 2.70. The zero-order chi connectivity index (χ0) is 14.6. The van der Waals surface area contributed by atoms with Crippen LogP contribution in [0.15, 0.2) is 12.3 Å². The summed E-state index contributed by atoms with van der Waals surface area (Å²) in [6.07, 6.45) is 7.00. The summed E-state index contributed by atoms with van der Waals surface area (Å²) in [4.78, 5) is 14.0. The Morgan fingerprint density at radius 3 is 2.60 bits per heavy atom. The number of nitrogens with one attached hydrogen (secondary N) is 1. The van der Waals surface area contributed by atoms with E-state index < -0.39 is 10.5 Å². The van der Waals surface area contributed by atoms with Crippen molar-refractivity contribution in [1.82, 2.24) is 4.98 Å². The summed E-state index contributed by atoms with van der Waals surface area (Å²) >= 11 is 5.96. The molecular formula is C13H18ClN3O3. The largest absolute Gasteiger partial charge is 0.388 e. The van der Waals surface area contributed by atoms with Crippen molar-refractivity contribution in [3.63, 3.8) is 0 Å². The Kier molecular flexibility index (Phi) is 4.77. The molecule has 0 radical (unpaired) electrons. The summed E-state index contributed by atoms with van der Waals surface area (Å²) < 4.78 is 0. The van der Waals surface area contributed by atoms with Gasteiger partial charge in [-0.2, -0.15) is 0 Å². The SMILES string of the molecule is O=[N+]([O-])c1cnc(NCC2(O)CCCCCC2)c(Cl)c1. The van der Waals surface area contributed by atoms with Crippen molar-refractivity contribution in [1.29, 1.82) is 0 Å². The minimum atomic E-state index is -0.747. The summed E-state index contributed by atoms with van der Waals surface area (Å²) in [5.41, 5.74) is -0.891. The molecule has 0 spiro atoms. The molecule has 0 saturated heterocycles. The standard InChI is InChI=1S/C13H18ClN3O3/c14-11-7-10(17(19)20)8-15-12(11)16-9-13(18)5-3-1-2-4-6-13/h7-8,18H,1-6,9H2,(H,15,16). The van der Waals surface area contributed by atoms with Crippen LogP contribution in [0.25, 0.3) is 0 Å². The molecule has 0 bridgehead atoms. The molecule has 0 unspecified atom stereocenters. The molecule has 0 aliphatic heterocycles. The Balaban J connectivity index is 2.01. The third-order valence-corrected chi connectivity index (χ3v) is 3.94. The van der Waals surface area contributed by atoms with E-state index in [1.807, 2.05) is 0 Å². The van der Waals surface area contributed by atoms with E-state index in [4.69, 9.17) is 11.6 Å². The van der Waals surface area contributed by atoms with Crippen molar-refractivity contribution in [2.45, 2.75) is 44.1 Å². The molecule has 1 aromatic heterocycles. The maximum Gasteiger partial charge on any atom is 0.289 e. The summed E-state index contributed by atoms with van der Waals surface area (Å²) in [5.74, 6) is 0.370. The first-order valence-corrected chi connectivity index (χ1v) is 7.14. The molecule has 2 rings (SSSR count). The van der Waals surface area contributed by atoms with Gasteiger partial charge in [0.25, 0.3) is 5.69 Å². The fraction of sp³-hybridized carbons (Fsp3) is 0.615. The lowest BCUT2D eigenvalue weighted by molar-refractivity contribution is -0.385. The highest BCUT2D eigenvalue weighted by molar-refractivity contribution is 6.33. The highest BCUT2D eigenvalue weighted by atomic mass is 35.5. The van der Waals surface area contributed by atoms with Crippen molar-refractivity contribution in [2.75, 3.05) is 11.9 Å². The van der Waals surface area contributed by atoms with E-state index in [0.29, 0.717) is 12.4 Å². The predicted octanol–water partition coefficient (Wildman–Crippen LogP) is 3.14. The van der Waals surface area contributed by atoms with E-state index >= 15 is 0 Å². The van der Waals surface area contributed by atoms with Crippen LogP contribution in [0.4, 0.5) is 11.5 Å². The van der Waals surface area contributed by atoms with Crippen LogP contribution in [-0.4, -0.2) is 27.2 Å². The average molecular weight is 300 g/mol. The summed E-state index contributed by atoms with van der Waals surface area (Å²) in [5, 5.41) is 24.3. The van der Waals surface area contributed by atoms with E-state index in [9.17, 15) is 15.2 Å². The highest BCUT2D eigenvalue weighted by Gasteiger charge is 2.28. The van der Waals surface area contributed by atoms with Crippen LogP contribution >= 0.6 is 11.6 Å². The maximum absolute atomic E-state index is 10.6. The Morgan fingerprint density at radius 1 is 1.40 bits per heavy atom. The first-order valence-electron chi connectivity index (χ1n) is 6.76. The van der Waals surface area contributed by atoms with Gasteiger partial charge in [-0.3, -0.25) is 10.1 Å². The smallest absolute Gasteiger partial charge is 0.289 e. The van der Waals surface area contributed by atoms with E-state index in [1.54, 1.807) is 0 Å². The van der Waals surface area contributed by atoms with Gasteiger partial charge >= 0.3 is 0 Å². The Labute approximate surface area is 122 Å². The monoisotopic (exact) mass is 299 g/mol. The second-order valence-corrected chi connectivity index (χ2v) is 5.68. The van der Waals surface area contributed by atoms with Crippen LogP contribution in [0.1, 0.15) is 38.5 Å². The summed E-state index contributed by atoms with van der Waals surface area (Å²) in [7, 11) is 0. The Bertz CT molecular complexity index is 488. The zero-order valence-electron chi connectivity index (χ0n) is 11.1. The van der Waals surface area contributed by atoms with E-state index in [2.05, 4.69) is 10.3 Å². The summed E-state index contributed by atoms with van der Waals surface area (Å²) in [6, 6.07) is 1.26. The molecule has 1 fully saturated rings. The van der Waals surface area contributed by atoms with Gasteiger partial charge in [0.2, 0.25) is 0 Å². The van der Waals surface area contributed by atoms with Gasteiger partial charge in [0.1, 0.15) is 12.0 Å². The molecule has 2 N–H and O–H groups in total. The van der Waals surface area contributed by atoms with Crippen LogP contribution in [-0.2, 0) is 0 Å². The molecule has 110 valence electrons. The Morgan fingerprint density at radius 2 is 2.05 bits per heavy atom. The lowest BCUT2D eigenvalue weighted by atomic mass is 9.94. The molecular weight excluding hydrogens is 282 g/mol. The van der Waals surface area contributed by atoms with Gasteiger partial charge in [0.15, 0.2) is 0 Å². The topological polar surface area (TPSA) is 88.3 Å². The van der Waals surface area contributed by atoms with Crippen molar-refractivity contribution < 1.29 is 10.0 Å². The van der Waals surface area contributed by atoms with Crippen LogP contribution in [0.3, 0.4) is 0 Å². The van der Waals surface area contributed by atoms with Crippen molar-refractivity contribution in [2.24, 2.45) is 0 Å². The molecule has 6 nitrogen and oxygen atoms in total.